The van der Waals surface area contributed by atoms with Gasteiger partial charge in [0.25, 0.3) is 5.56 Å². The summed E-state index contributed by atoms with van der Waals surface area (Å²) in [5.74, 6) is 1.07. The number of carbonyl (C=O) groups is 1. The zero-order valence-corrected chi connectivity index (χ0v) is 17.4. The van der Waals surface area contributed by atoms with Crippen LogP contribution in [0.2, 0.25) is 0 Å². The van der Waals surface area contributed by atoms with Gasteiger partial charge in [-0.1, -0.05) is 6.07 Å². The van der Waals surface area contributed by atoms with Gasteiger partial charge in [0.15, 0.2) is 5.75 Å². The van der Waals surface area contributed by atoms with Crippen molar-refractivity contribution in [1.29, 1.82) is 0 Å². The molecule has 1 saturated heterocycles. The number of nitrogens with one attached hydrogen (secondary N) is 1. The maximum atomic E-state index is 12.0. The number of nitrogens with zero attached hydrogens (tertiary/aromatic N) is 2. The Kier molecular flexibility index (Phi) is 6.83. The number of benzene rings is 1. The number of hydrogen-bond donors (Lipinski definition) is 2. The maximum Gasteiger partial charge on any atom is 0.409 e. The van der Waals surface area contributed by atoms with Gasteiger partial charge in [-0.15, -0.1) is 0 Å². The fraction of sp³-hybridized carbons (Fsp3) is 0.429. The van der Waals surface area contributed by atoms with Crippen LogP contribution in [0.1, 0.15) is 16.7 Å². The fourth-order valence-corrected chi connectivity index (χ4v) is 3.58. The Balaban J connectivity index is 1.82. The van der Waals surface area contributed by atoms with Crippen molar-refractivity contribution in [3.63, 3.8) is 0 Å². The van der Waals surface area contributed by atoms with Crippen LogP contribution in [0.5, 0.6) is 17.2 Å². The van der Waals surface area contributed by atoms with Gasteiger partial charge in [0.2, 0.25) is 0 Å². The average molecular weight is 417 g/mol. The van der Waals surface area contributed by atoms with Crippen LogP contribution >= 0.6 is 0 Å². The van der Waals surface area contributed by atoms with E-state index in [1.807, 2.05) is 12.1 Å². The minimum atomic E-state index is -0.524. The second-order valence-corrected chi connectivity index (χ2v) is 7.06. The summed E-state index contributed by atoms with van der Waals surface area (Å²) in [5, 5.41) is 10.5. The van der Waals surface area contributed by atoms with E-state index in [2.05, 4.69) is 9.88 Å². The third-order valence-electron chi connectivity index (χ3n) is 5.33. The molecule has 0 atom stereocenters. The number of H-pyrrole nitrogens is 1. The number of ether oxygens (including phenoxy) is 3. The van der Waals surface area contributed by atoms with Gasteiger partial charge in [-0.2, -0.15) is 0 Å². The lowest BCUT2D eigenvalue weighted by molar-refractivity contribution is 0.0885. The van der Waals surface area contributed by atoms with E-state index >= 15 is 0 Å². The Labute approximate surface area is 174 Å². The second kappa shape index (κ2) is 9.53. The molecule has 3 rings (SSSR count). The molecular weight excluding hydrogens is 390 g/mol. The van der Waals surface area contributed by atoms with Gasteiger partial charge in [-0.3, -0.25) is 9.69 Å². The molecule has 0 aliphatic carbocycles. The Morgan fingerprint density at radius 1 is 1.10 bits per heavy atom. The number of methoxy groups -OCH3 is 3. The molecule has 2 N–H and O–H groups in total. The van der Waals surface area contributed by atoms with Crippen LogP contribution in [-0.4, -0.2) is 73.5 Å². The molecule has 9 heteroatoms. The molecule has 1 aromatic carbocycles. The molecule has 0 radical (unpaired) electrons. The average Bonchev–Trinajstić information content (AvgIpc) is 2.78. The van der Waals surface area contributed by atoms with Gasteiger partial charge in [0.1, 0.15) is 11.5 Å². The number of hydrogen-bond acceptors (Lipinski definition) is 7. The quantitative estimate of drug-likeness (QED) is 0.735. The van der Waals surface area contributed by atoms with E-state index < -0.39 is 5.56 Å². The summed E-state index contributed by atoms with van der Waals surface area (Å²) >= 11 is 0. The standard InChI is InChI=1S/C21H27N3O6/c1-28-16-5-4-14(18(11-16)29-2)10-15-12-22-20(26)19(25)17(15)13-23-6-8-24(9-7-23)21(27)30-3/h4-5,11-12,25H,6-10,13H2,1-3H3,(H,22,26). The third-order valence-corrected chi connectivity index (χ3v) is 5.33. The Morgan fingerprint density at radius 2 is 1.83 bits per heavy atom. The first-order chi connectivity index (χ1) is 14.5. The number of rotatable bonds is 6. The van der Waals surface area contributed by atoms with Crippen LogP contribution in [0.25, 0.3) is 0 Å². The molecule has 0 saturated carbocycles. The molecule has 1 aliphatic rings. The SMILES string of the molecule is COC(=O)N1CCN(Cc2c(Cc3ccc(OC)cc3OC)c[nH]c(=O)c2O)CC1. The van der Waals surface area contributed by atoms with Crippen LogP contribution in [-0.2, 0) is 17.7 Å². The first-order valence-corrected chi connectivity index (χ1v) is 9.65. The fourth-order valence-electron chi connectivity index (χ4n) is 3.58. The molecule has 162 valence electrons. The van der Waals surface area contributed by atoms with Crippen molar-refractivity contribution in [3.05, 3.63) is 51.4 Å². The number of aromatic hydroxyl groups is 1. The normalized spacial score (nSPS) is 14.4. The van der Waals surface area contributed by atoms with E-state index in [1.54, 1.807) is 31.4 Å². The van der Waals surface area contributed by atoms with Gasteiger partial charge >= 0.3 is 6.09 Å². The van der Waals surface area contributed by atoms with E-state index in [0.717, 1.165) is 11.1 Å². The summed E-state index contributed by atoms with van der Waals surface area (Å²) in [5.41, 5.74) is 1.75. The smallest absolute Gasteiger partial charge is 0.409 e. The first-order valence-electron chi connectivity index (χ1n) is 9.65. The molecule has 2 heterocycles. The van der Waals surface area contributed by atoms with Gasteiger partial charge in [0, 0.05) is 57.0 Å². The number of aromatic amines is 1. The topological polar surface area (TPSA) is 104 Å². The van der Waals surface area contributed by atoms with E-state index in [4.69, 9.17) is 14.2 Å². The van der Waals surface area contributed by atoms with Gasteiger partial charge < -0.3 is 29.2 Å². The molecule has 9 nitrogen and oxygen atoms in total. The molecule has 0 bridgehead atoms. The minimum Gasteiger partial charge on any atom is -0.503 e. The lowest BCUT2D eigenvalue weighted by Crippen LogP contribution is -2.48. The lowest BCUT2D eigenvalue weighted by Gasteiger charge is -2.34. The van der Waals surface area contributed by atoms with E-state index in [1.165, 1.54) is 7.11 Å². The Morgan fingerprint density at radius 3 is 2.47 bits per heavy atom. The van der Waals surface area contributed by atoms with E-state index in [0.29, 0.717) is 56.2 Å². The molecule has 1 aromatic heterocycles. The van der Waals surface area contributed by atoms with Gasteiger partial charge in [0.05, 0.1) is 21.3 Å². The van der Waals surface area contributed by atoms with Crippen LogP contribution in [0.15, 0.2) is 29.2 Å². The molecule has 1 amide bonds. The number of aromatic nitrogens is 1. The lowest BCUT2D eigenvalue weighted by atomic mass is 9.99. The number of piperazine rings is 1. The monoisotopic (exact) mass is 417 g/mol. The van der Waals surface area contributed by atoms with Crippen LogP contribution in [0.4, 0.5) is 4.79 Å². The molecule has 0 unspecified atom stereocenters. The number of amides is 1. The summed E-state index contributed by atoms with van der Waals surface area (Å²) in [6.45, 7) is 2.69. The summed E-state index contributed by atoms with van der Waals surface area (Å²) < 4.78 is 15.5. The Bertz CT molecular complexity index is 950. The van der Waals surface area contributed by atoms with Crippen molar-refractivity contribution in [1.82, 2.24) is 14.8 Å². The van der Waals surface area contributed by atoms with Crippen LogP contribution in [0, 0.1) is 0 Å². The highest BCUT2D eigenvalue weighted by atomic mass is 16.5. The summed E-state index contributed by atoms with van der Waals surface area (Å²) in [6.07, 6.45) is 1.75. The minimum absolute atomic E-state index is 0.282. The molecule has 1 aliphatic heterocycles. The van der Waals surface area contributed by atoms with Crippen LogP contribution in [0.3, 0.4) is 0 Å². The first kappa shape index (κ1) is 21.5. The maximum absolute atomic E-state index is 12.0. The highest BCUT2D eigenvalue weighted by Gasteiger charge is 2.24. The molecule has 30 heavy (non-hydrogen) atoms. The zero-order valence-electron chi connectivity index (χ0n) is 17.4. The van der Waals surface area contributed by atoms with Crippen LogP contribution < -0.4 is 15.0 Å². The highest BCUT2D eigenvalue weighted by molar-refractivity contribution is 5.67. The molecule has 0 spiro atoms. The highest BCUT2D eigenvalue weighted by Crippen LogP contribution is 2.29. The number of pyridine rings is 1. The predicted octanol–water partition coefficient (Wildman–Crippen LogP) is 1.57. The van der Waals surface area contributed by atoms with Crippen molar-refractivity contribution in [2.24, 2.45) is 0 Å². The summed E-state index contributed by atoms with van der Waals surface area (Å²) in [6, 6.07) is 5.54. The predicted molar refractivity (Wildman–Crippen MR) is 110 cm³/mol. The Hall–Kier alpha value is -3.20. The van der Waals surface area contributed by atoms with Gasteiger partial charge in [-0.25, -0.2) is 4.79 Å². The molecule has 2 aromatic rings. The second-order valence-electron chi connectivity index (χ2n) is 7.06. The summed E-state index contributed by atoms with van der Waals surface area (Å²) in [7, 11) is 4.54. The largest absolute Gasteiger partial charge is 0.503 e. The van der Waals surface area contributed by atoms with Crippen molar-refractivity contribution in [2.75, 3.05) is 47.5 Å². The van der Waals surface area contributed by atoms with Gasteiger partial charge in [-0.05, 0) is 17.2 Å². The molecular formula is C21H27N3O6. The summed E-state index contributed by atoms with van der Waals surface area (Å²) in [4.78, 5) is 30.0. The third kappa shape index (κ3) is 4.68. The van der Waals surface area contributed by atoms with Crippen molar-refractivity contribution in [3.8, 4) is 17.2 Å². The van der Waals surface area contributed by atoms with Crippen molar-refractivity contribution < 1.29 is 24.1 Å². The van der Waals surface area contributed by atoms with Crippen molar-refractivity contribution >= 4 is 6.09 Å². The van der Waals surface area contributed by atoms with E-state index in [9.17, 15) is 14.7 Å². The van der Waals surface area contributed by atoms with Crippen molar-refractivity contribution in [2.45, 2.75) is 13.0 Å². The zero-order chi connectivity index (χ0) is 21.7. The number of carbonyl (C=O) groups excluding carboxylic acids is 1. The van der Waals surface area contributed by atoms with E-state index in [-0.39, 0.29) is 11.8 Å². The molecule has 1 fully saturated rings.